The molecule has 248 valence electrons. The zero-order valence-electron chi connectivity index (χ0n) is 26.8. The van der Waals surface area contributed by atoms with Gasteiger partial charge in [0.2, 0.25) is 0 Å². The number of hydrogen-bond donors (Lipinski definition) is 4. The van der Waals surface area contributed by atoms with E-state index >= 15 is 0 Å². The Morgan fingerprint density at radius 1 is 0.667 bits per heavy atom. The number of nitrogens with two attached hydrogens (primary N) is 2. The number of allylic oxidation sites excluding steroid dienone is 2. The van der Waals surface area contributed by atoms with Gasteiger partial charge in [-0.05, 0) is 133 Å². The highest BCUT2D eigenvalue weighted by Crippen LogP contribution is 2.33. The minimum atomic E-state index is -1.26. The van der Waals surface area contributed by atoms with Crippen molar-refractivity contribution in [3.63, 3.8) is 0 Å². The molecule has 0 unspecified atom stereocenters. The number of halogens is 2. The lowest BCUT2D eigenvalue weighted by Gasteiger charge is -2.17. The molecule has 48 heavy (non-hydrogen) atoms. The molecule has 2 heterocycles. The van der Waals surface area contributed by atoms with Gasteiger partial charge in [0.1, 0.15) is 0 Å². The second-order valence-electron chi connectivity index (χ2n) is 11.3. The second kappa shape index (κ2) is 16.8. The average Bonchev–Trinajstić information content (AvgIpc) is 3.06. The molecule has 4 aromatic rings. The first-order chi connectivity index (χ1) is 22.9. The number of nitrogens with zero attached hydrogens (tertiary/aromatic N) is 2. The van der Waals surface area contributed by atoms with Crippen molar-refractivity contribution in [2.75, 3.05) is 11.5 Å². The summed E-state index contributed by atoms with van der Waals surface area (Å²) in [6.45, 7) is 4.19. The molecular weight excluding hydrogens is 647 g/mol. The Bertz CT molecular complexity index is 1780. The summed E-state index contributed by atoms with van der Waals surface area (Å²) >= 11 is 12.2. The van der Waals surface area contributed by atoms with Crippen LogP contribution < -0.4 is 11.5 Å². The van der Waals surface area contributed by atoms with Crippen LogP contribution in [0.4, 0.5) is 11.4 Å². The van der Waals surface area contributed by atoms with Crippen LogP contribution in [0.2, 0.25) is 10.0 Å². The molecule has 0 saturated carbocycles. The van der Waals surface area contributed by atoms with E-state index in [4.69, 9.17) is 44.9 Å². The fourth-order valence-electron chi connectivity index (χ4n) is 5.37. The first-order valence-electron chi connectivity index (χ1n) is 15.6. The van der Waals surface area contributed by atoms with Crippen molar-refractivity contribution in [1.29, 1.82) is 0 Å². The number of carboxylic acid groups (broad SMARTS) is 2. The molecule has 6 N–H and O–H groups in total. The molecule has 2 aliphatic rings. The third-order valence-electron chi connectivity index (χ3n) is 7.76. The molecule has 0 saturated heterocycles. The van der Waals surface area contributed by atoms with Gasteiger partial charge in [-0.15, -0.1) is 0 Å². The highest BCUT2D eigenvalue weighted by Gasteiger charge is 2.15. The highest BCUT2D eigenvalue weighted by atomic mass is 35.5. The largest absolute Gasteiger partial charge is 0.478 e. The number of aryl methyl sites for hydroxylation is 4. The van der Waals surface area contributed by atoms with Gasteiger partial charge in [0.05, 0.1) is 11.4 Å². The third kappa shape index (κ3) is 10.3. The number of nitrogen functional groups attached to an aromatic ring is 2. The van der Waals surface area contributed by atoms with Crippen LogP contribution in [0.25, 0.3) is 23.3 Å². The molecule has 2 aromatic heterocycles. The highest BCUT2D eigenvalue weighted by molar-refractivity contribution is 6.31. The van der Waals surface area contributed by atoms with E-state index in [1.807, 2.05) is 48.5 Å². The minimum Gasteiger partial charge on any atom is -0.478 e. The van der Waals surface area contributed by atoms with Crippen molar-refractivity contribution in [3.8, 4) is 0 Å². The summed E-state index contributed by atoms with van der Waals surface area (Å²) in [5, 5.41) is 17.2. The van der Waals surface area contributed by atoms with Gasteiger partial charge in [0, 0.05) is 45.0 Å². The van der Waals surface area contributed by atoms with E-state index in [0.717, 1.165) is 82.7 Å². The maximum atomic E-state index is 9.55. The van der Waals surface area contributed by atoms with Gasteiger partial charge in [0.25, 0.3) is 0 Å². The molecular formula is C38H38Cl2N4O4. The maximum absolute atomic E-state index is 9.55. The van der Waals surface area contributed by atoms with Gasteiger partial charge in [0.15, 0.2) is 0 Å². The summed E-state index contributed by atoms with van der Waals surface area (Å²) in [7, 11) is 0. The first kappa shape index (κ1) is 35.9. The van der Waals surface area contributed by atoms with E-state index in [0.29, 0.717) is 12.2 Å². The molecule has 0 amide bonds. The SMILES string of the molecule is CCc1cc(N)cc(C2=Cc3cc(Cl)ccc3CC2)n1.CCc1cc(N)cc(C2=Cc3cc(Cl)ccc3CC2)n1.O=C(O)/C=C/C(=O)O. The first-order valence-corrected chi connectivity index (χ1v) is 16.3. The number of carbonyl (C=O) groups is 2. The summed E-state index contributed by atoms with van der Waals surface area (Å²) < 4.78 is 0. The van der Waals surface area contributed by atoms with Crippen LogP contribution in [0.15, 0.2) is 72.8 Å². The molecule has 0 bridgehead atoms. The lowest BCUT2D eigenvalue weighted by Crippen LogP contribution is -2.03. The van der Waals surface area contributed by atoms with E-state index in [-0.39, 0.29) is 0 Å². The second-order valence-corrected chi connectivity index (χ2v) is 12.2. The fraction of sp³-hybridized carbons (Fsp3) is 0.211. The number of benzene rings is 2. The number of rotatable bonds is 6. The molecule has 2 aliphatic carbocycles. The topological polar surface area (TPSA) is 152 Å². The van der Waals surface area contributed by atoms with Gasteiger partial charge in [-0.2, -0.15) is 0 Å². The van der Waals surface area contributed by atoms with Crippen LogP contribution in [0.5, 0.6) is 0 Å². The molecule has 0 radical (unpaired) electrons. The van der Waals surface area contributed by atoms with Gasteiger partial charge in [-0.25, -0.2) is 9.59 Å². The number of hydrogen-bond acceptors (Lipinski definition) is 6. The fourth-order valence-corrected chi connectivity index (χ4v) is 5.74. The number of aliphatic carboxylic acids is 2. The van der Waals surface area contributed by atoms with Crippen molar-refractivity contribution in [2.45, 2.75) is 52.4 Å². The van der Waals surface area contributed by atoms with Crippen molar-refractivity contribution in [1.82, 2.24) is 9.97 Å². The van der Waals surface area contributed by atoms with Crippen LogP contribution in [0.1, 0.15) is 71.7 Å². The average molecular weight is 686 g/mol. The number of aromatic nitrogens is 2. The number of pyridine rings is 2. The van der Waals surface area contributed by atoms with Gasteiger partial charge < -0.3 is 21.7 Å². The van der Waals surface area contributed by atoms with E-state index in [1.165, 1.54) is 33.4 Å². The van der Waals surface area contributed by atoms with E-state index in [9.17, 15) is 9.59 Å². The number of carboxylic acids is 2. The van der Waals surface area contributed by atoms with Crippen LogP contribution >= 0.6 is 23.2 Å². The van der Waals surface area contributed by atoms with Crippen LogP contribution in [-0.4, -0.2) is 32.1 Å². The standard InChI is InChI=1S/2C17H17ClN2.C4H4O4/c2*1-2-16-9-15(19)10-17(20-16)12-4-3-11-5-6-14(18)8-13(11)7-12;5-3(6)1-2-4(7)8/h2*5-10H,2-4H2,1H3,(H2,19,20);1-2H,(H,5,6)(H,7,8)/b;;2-1+. The van der Waals surface area contributed by atoms with Gasteiger partial charge in [-0.1, -0.05) is 49.2 Å². The summed E-state index contributed by atoms with van der Waals surface area (Å²) in [4.78, 5) is 28.5. The molecule has 0 aliphatic heterocycles. The number of anilines is 2. The summed E-state index contributed by atoms with van der Waals surface area (Å²) in [6.07, 6.45) is 11.3. The summed E-state index contributed by atoms with van der Waals surface area (Å²) in [5.41, 5.74) is 25.1. The maximum Gasteiger partial charge on any atom is 0.328 e. The van der Waals surface area contributed by atoms with Gasteiger partial charge in [-0.3, -0.25) is 9.97 Å². The molecule has 6 rings (SSSR count). The Hall–Kier alpha value is -4.92. The van der Waals surface area contributed by atoms with Crippen molar-refractivity contribution in [3.05, 3.63) is 128 Å². The smallest absolute Gasteiger partial charge is 0.328 e. The Morgan fingerprint density at radius 2 is 1.06 bits per heavy atom. The zero-order valence-corrected chi connectivity index (χ0v) is 28.4. The van der Waals surface area contributed by atoms with Crippen LogP contribution in [-0.2, 0) is 35.3 Å². The predicted octanol–water partition coefficient (Wildman–Crippen LogP) is 8.44. The molecule has 0 spiro atoms. The molecule has 2 aromatic carbocycles. The van der Waals surface area contributed by atoms with E-state index < -0.39 is 11.9 Å². The molecule has 10 heteroatoms. The summed E-state index contributed by atoms with van der Waals surface area (Å²) in [6, 6.07) is 20.0. The van der Waals surface area contributed by atoms with E-state index in [1.54, 1.807) is 0 Å². The normalized spacial score (nSPS) is 13.1. The molecule has 0 fully saturated rings. The predicted molar refractivity (Wildman–Crippen MR) is 196 cm³/mol. The van der Waals surface area contributed by atoms with Crippen LogP contribution in [0.3, 0.4) is 0 Å². The third-order valence-corrected chi connectivity index (χ3v) is 8.23. The van der Waals surface area contributed by atoms with Crippen molar-refractivity contribution >= 4 is 69.8 Å². The minimum absolute atomic E-state index is 0.558. The Labute approximate surface area is 290 Å². The Balaban J connectivity index is 0.000000178. The Kier molecular flexibility index (Phi) is 12.5. The molecule has 8 nitrogen and oxygen atoms in total. The summed E-state index contributed by atoms with van der Waals surface area (Å²) in [5.74, 6) is -2.51. The van der Waals surface area contributed by atoms with Crippen LogP contribution in [0, 0.1) is 0 Å². The lowest BCUT2D eigenvalue weighted by molar-refractivity contribution is -0.134. The number of fused-ring (bicyclic) bond motifs is 2. The lowest BCUT2D eigenvalue weighted by atomic mass is 9.90. The van der Waals surface area contributed by atoms with Gasteiger partial charge >= 0.3 is 11.9 Å². The van der Waals surface area contributed by atoms with E-state index in [2.05, 4.69) is 48.1 Å². The quantitative estimate of drug-likeness (QED) is 0.148. The van der Waals surface area contributed by atoms with Crippen molar-refractivity contribution < 1.29 is 19.8 Å². The van der Waals surface area contributed by atoms with Crippen molar-refractivity contribution in [2.24, 2.45) is 0 Å². The monoisotopic (exact) mass is 684 g/mol. The Morgan fingerprint density at radius 3 is 1.42 bits per heavy atom. The molecule has 0 atom stereocenters. The zero-order chi connectivity index (χ0) is 34.8.